The average molecular weight is 326 g/mol. The first kappa shape index (κ1) is 18.0. The number of rotatable bonds is 3. The summed E-state index contributed by atoms with van der Waals surface area (Å²) in [6.45, 7) is 12.4. The lowest BCUT2D eigenvalue weighted by Crippen LogP contribution is -2.45. The maximum atomic E-state index is 12.2. The summed E-state index contributed by atoms with van der Waals surface area (Å²) in [6, 6.07) is -0.440. The summed E-state index contributed by atoms with van der Waals surface area (Å²) in [5.74, 6) is -0.676. The molecule has 2 aliphatic rings. The van der Waals surface area contributed by atoms with E-state index >= 15 is 0 Å². The molecule has 1 spiro atoms. The lowest BCUT2D eigenvalue weighted by molar-refractivity contribution is -0.144. The average Bonchev–Trinajstić information content (AvgIpc) is 2.95. The van der Waals surface area contributed by atoms with Crippen molar-refractivity contribution in [1.82, 2.24) is 9.80 Å². The third kappa shape index (κ3) is 4.16. The molecule has 0 radical (unpaired) electrons. The molecule has 6 nitrogen and oxygen atoms in total. The Kier molecular flexibility index (Phi) is 4.95. The predicted octanol–water partition coefficient (Wildman–Crippen LogP) is 2.43. The molecule has 0 aliphatic carbocycles. The highest BCUT2D eigenvalue weighted by Crippen LogP contribution is 2.41. The quantitative estimate of drug-likeness (QED) is 0.862. The van der Waals surface area contributed by atoms with Gasteiger partial charge in [0.05, 0.1) is 0 Å². The van der Waals surface area contributed by atoms with Crippen LogP contribution in [0, 0.1) is 11.3 Å². The van der Waals surface area contributed by atoms with E-state index < -0.39 is 17.6 Å². The molecule has 2 aliphatic heterocycles. The number of hydrogen-bond acceptors (Lipinski definition) is 4. The van der Waals surface area contributed by atoms with Crippen molar-refractivity contribution in [1.29, 1.82) is 0 Å². The maximum Gasteiger partial charge on any atom is 0.410 e. The SMILES string of the molecule is CC(C)[C@@H](C(=O)O)N1CCC2(CCN(C(=O)OC(C)(C)C)C2)C1. The molecule has 0 aromatic rings. The molecule has 2 heterocycles. The van der Waals surface area contributed by atoms with Gasteiger partial charge in [-0.3, -0.25) is 9.69 Å². The fourth-order valence-electron chi connectivity index (χ4n) is 3.82. The van der Waals surface area contributed by atoms with Crippen molar-refractivity contribution in [3.8, 4) is 0 Å². The zero-order valence-corrected chi connectivity index (χ0v) is 15.0. The summed E-state index contributed by atoms with van der Waals surface area (Å²) < 4.78 is 5.45. The van der Waals surface area contributed by atoms with Crippen LogP contribution < -0.4 is 0 Å². The number of aliphatic carboxylic acids is 1. The van der Waals surface area contributed by atoms with Gasteiger partial charge >= 0.3 is 12.1 Å². The number of likely N-dealkylation sites (tertiary alicyclic amines) is 2. The van der Waals surface area contributed by atoms with Crippen LogP contribution in [0.5, 0.6) is 0 Å². The second-order valence-electron chi connectivity index (χ2n) is 8.40. The fourth-order valence-corrected chi connectivity index (χ4v) is 3.82. The molecule has 0 aromatic carbocycles. The van der Waals surface area contributed by atoms with Gasteiger partial charge in [-0.2, -0.15) is 0 Å². The maximum absolute atomic E-state index is 12.2. The Morgan fingerprint density at radius 2 is 1.74 bits per heavy atom. The van der Waals surface area contributed by atoms with Crippen molar-refractivity contribution in [2.45, 2.75) is 59.1 Å². The van der Waals surface area contributed by atoms with Crippen molar-refractivity contribution in [2.24, 2.45) is 11.3 Å². The summed E-state index contributed by atoms with van der Waals surface area (Å²) in [7, 11) is 0. The summed E-state index contributed by atoms with van der Waals surface area (Å²) in [5, 5.41) is 9.48. The van der Waals surface area contributed by atoms with Crippen molar-refractivity contribution in [3.63, 3.8) is 0 Å². The van der Waals surface area contributed by atoms with Gasteiger partial charge in [0.15, 0.2) is 0 Å². The Morgan fingerprint density at radius 1 is 1.13 bits per heavy atom. The number of carboxylic acids is 1. The standard InChI is InChI=1S/C17H30N2O4/c1-12(2)13(14(20)21)18-8-6-17(10-18)7-9-19(11-17)15(22)23-16(3,4)5/h12-13H,6-11H2,1-5H3,(H,20,21)/t13-,17?/m0/s1. The lowest BCUT2D eigenvalue weighted by atomic mass is 9.86. The van der Waals surface area contributed by atoms with E-state index in [4.69, 9.17) is 4.74 Å². The second kappa shape index (κ2) is 6.30. The molecule has 6 heteroatoms. The van der Waals surface area contributed by atoms with Crippen LogP contribution in [0.25, 0.3) is 0 Å². The van der Waals surface area contributed by atoms with E-state index in [1.165, 1.54) is 0 Å². The van der Waals surface area contributed by atoms with E-state index in [2.05, 4.69) is 4.90 Å². The first-order chi connectivity index (χ1) is 10.5. The van der Waals surface area contributed by atoms with Gasteiger partial charge in [-0.25, -0.2) is 4.79 Å². The van der Waals surface area contributed by atoms with E-state index in [1.54, 1.807) is 4.90 Å². The van der Waals surface area contributed by atoms with Gasteiger partial charge < -0.3 is 14.7 Å². The minimum atomic E-state index is -0.751. The Bertz CT molecular complexity index is 472. The van der Waals surface area contributed by atoms with Crippen LogP contribution in [0.2, 0.25) is 0 Å². The zero-order chi connectivity index (χ0) is 17.4. The van der Waals surface area contributed by atoms with Gasteiger partial charge in [-0.1, -0.05) is 13.8 Å². The topological polar surface area (TPSA) is 70.1 Å². The molecule has 2 rings (SSSR count). The van der Waals surface area contributed by atoms with Gasteiger partial charge in [0, 0.05) is 25.0 Å². The molecule has 23 heavy (non-hydrogen) atoms. The summed E-state index contributed by atoms with van der Waals surface area (Å²) in [5.41, 5.74) is -0.458. The number of hydrogen-bond donors (Lipinski definition) is 1. The first-order valence-corrected chi connectivity index (χ1v) is 8.48. The highest BCUT2D eigenvalue weighted by atomic mass is 16.6. The normalized spacial score (nSPS) is 27.0. The zero-order valence-electron chi connectivity index (χ0n) is 15.0. The number of carbonyl (C=O) groups excluding carboxylic acids is 1. The summed E-state index contributed by atoms with van der Waals surface area (Å²) in [4.78, 5) is 27.6. The van der Waals surface area contributed by atoms with Crippen LogP contribution in [-0.2, 0) is 9.53 Å². The molecular formula is C17H30N2O4. The van der Waals surface area contributed by atoms with Gasteiger partial charge in [-0.15, -0.1) is 0 Å². The Labute approximate surface area is 138 Å². The molecule has 1 N–H and O–H groups in total. The number of carbonyl (C=O) groups is 2. The third-order valence-corrected chi connectivity index (χ3v) is 4.84. The Morgan fingerprint density at radius 3 is 2.26 bits per heavy atom. The second-order valence-corrected chi connectivity index (χ2v) is 8.40. The number of carboxylic acid groups (broad SMARTS) is 1. The molecule has 0 saturated carbocycles. The lowest BCUT2D eigenvalue weighted by Gasteiger charge is -2.30. The van der Waals surface area contributed by atoms with Crippen LogP contribution in [0.1, 0.15) is 47.5 Å². The van der Waals surface area contributed by atoms with Crippen molar-refractivity contribution < 1.29 is 19.4 Å². The van der Waals surface area contributed by atoms with E-state index in [0.29, 0.717) is 13.1 Å². The van der Waals surface area contributed by atoms with Crippen LogP contribution in [0.15, 0.2) is 0 Å². The van der Waals surface area contributed by atoms with Gasteiger partial charge in [0.2, 0.25) is 0 Å². The van der Waals surface area contributed by atoms with E-state index in [9.17, 15) is 14.7 Å². The molecule has 1 unspecified atom stereocenters. The molecule has 1 amide bonds. The molecule has 0 aromatic heterocycles. The van der Waals surface area contributed by atoms with Gasteiger partial charge in [-0.05, 0) is 46.1 Å². The minimum absolute atomic E-state index is 0.0273. The Hall–Kier alpha value is -1.30. The smallest absolute Gasteiger partial charge is 0.410 e. The summed E-state index contributed by atoms with van der Waals surface area (Å²) >= 11 is 0. The molecular weight excluding hydrogens is 296 g/mol. The molecule has 2 saturated heterocycles. The summed E-state index contributed by atoms with van der Waals surface area (Å²) in [6.07, 6.45) is 1.61. The molecule has 0 bridgehead atoms. The number of ether oxygens (including phenoxy) is 1. The van der Waals surface area contributed by atoms with Gasteiger partial charge in [0.25, 0.3) is 0 Å². The van der Waals surface area contributed by atoms with Crippen molar-refractivity contribution in [2.75, 3.05) is 26.2 Å². The Balaban J connectivity index is 1.98. The van der Waals surface area contributed by atoms with Crippen LogP contribution in [-0.4, -0.2) is 64.8 Å². The fraction of sp³-hybridized carbons (Fsp3) is 0.882. The third-order valence-electron chi connectivity index (χ3n) is 4.84. The first-order valence-electron chi connectivity index (χ1n) is 8.48. The van der Waals surface area contributed by atoms with E-state index in [0.717, 1.165) is 25.9 Å². The van der Waals surface area contributed by atoms with Gasteiger partial charge in [0.1, 0.15) is 11.6 Å². The van der Waals surface area contributed by atoms with E-state index in [-0.39, 0.29) is 17.4 Å². The van der Waals surface area contributed by atoms with Crippen molar-refractivity contribution in [3.05, 3.63) is 0 Å². The number of amides is 1. The highest BCUT2D eigenvalue weighted by molar-refractivity contribution is 5.74. The molecule has 2 atom stereocenters. The highest BCUT2D eigenvalue weighted by Gasteiger charge is 2.48. The van der Waals surface area contributed by atoms with Crippen LogP contribution >= 0.6 is 0 Å². The van der Waals surface area contributed by atoms with Crippen LogP contribution in [0.4, 0.5) is 4.79 Å². The van der Waals surface area contributed by atoms with Crippen LogP contribution in [0.3, 0.4) is 0 Å². The predicted molar refractivity (Wildman–Crippen MR) is 87.3 cm³/mol. The molecule has 132 valence electrons. The molecule has 2 fully saturated rings. The number of nitrogens with zero attached hydrogens (tertiary/aromatic N) is 2. The van der Waals surface area contributed by atoms with E-state index in [1.807, 2.05) is 34.6 Å². The largest absolute Gasteiger partial charge is 0.480 e. The monoisotopic (exact) mass is 326 g/mol. The minimum Gasteiger partial charge on any atom is -0.480 e. The van der Waals surface area contributed by atoms with Crippen molar-refractivity contribution >= 4 is 12.1 Å².